The number of rotatable bonds is 9. The summed E-state index contributed by atoms with van der Waals surface area (Å²) in [5.41, 5.74) is 4.55. The third-order valence-electron chi connectivity index (χ3n) is 8.61. The van der Waals surface area contributed by atoms with E-state index in [0.29, 0.717) is 17.0 Å². The quantitative estimate of drug-likeness (QED) is 0.314. The fourth-order valence-electron chi connectivity index (χ4n) is 6.31. The number of ether oxygens (including phenoxy) is 2. The summed E-state index contributed by atoms with van der Waals surface area (Å²) in [5.74, 6) is -3.20. The Morgan fingerprint density at radius 3 is 2.61 bits per heavy atom. The minimum atomic E-state index is -2.72. The van der Waals surface area contributed by atoms with Gasteiger partial charge in [-0.15, -0.1) is 0 Å². The van der Waals surface area contributed by atoms with E-state index in [1.807, 2.05) is 36.4 Å². The van der Waals surface area contributed by atoms with Crippen molar-refractivity contribution in [3.05, 3.63) is 76.7 Å². The van der Waals surface area contributed by atoms with E-state index in [4.69, 9.17) is 9.47 Å². The molecule has 41 heavy (non-hydrogen) atoms. The zero-order chi connectivity index (χ0) is 28.9. The Balaban J connectivity index is 1.31. The standard InChI is InChI=1S/C32H33F3N2O4/c1-18(31(38)39)30(20-4-5-20)22-6-3-19-8-10-27(41-28(19)12-22)21-7-9-24(25-13-29(40-2)36-14-26(25)33)23(11-21)15-37-16-32(34,35)17-37/h3,6-7,9,11-14,18,20,27,30H,4-5,8,10,15-17H2,1-2H3,(H,38,39)/t18-,27?,30?/m0/s1. The number of halogens is 3. The van der Waals surface area contributed by atoms with E-state index in [0.717, 1.165) is 59.9 Å². The van der Waals surface area contributed by atoms with Crippen LogP contribution in [0.25, 0.3) is 11.1 Å². The second kappa shape index (κ2) is 10.7. The van der Waals surface area contributed by atoms with Crippen LogP contribution in [0.4, 0.5) is 13.2 Å². The lowest BCUT2D eigenvalue weighted by atomic mass is 9.82. The monoisotopic (exact) mass is 566 g/mol. The normalized spacial score (nSPS) is 21.2. The van der Waals surface area contributed by atoms with Gasteiger partial charge in [-0.3, -0.25) is 9.69 Å². The smallest absolute Gasteiger partial charge is 0.306 e. The highest BCUT2D eigenvalue weighted by Crippen LogP contribution is 2.48. The summed E-state index contributed by atoms with van der Waals surface area (Å²) in [5, 5.41) is 9.70. The SMILES string of the molecule is COc1cc(-c2ccc(C3CCc4ccc(C(C5CC5)[C@H](C)C(=O)O)cc4O3)cc2CN2CC(F)(F)C2)c(F)cn1. The molecule has 9 heteroatoms. The first kappa shape index (κ1) is 27.6. The topological polar surface area (TPSA) is 71.9 Å². The van der Waals surface area contributed by atoms with E-state index in [1.54, 1.807) is 11.8 Å². The van der Waals surface area contributed by atoms with Crippen molar-refractivity contribution in [3.8, 4) is 22.8 Å². The van der Waals surface area contributed by atoms with Crippen LogP contribution in [0.3, 0.4) is 0 Å². The van der Waals surface area contributed by atoms with Crippen molar-refractivity contribution in [1.82, 2.24) is 9.88 Å². The van der Waals surface area contributed by atoms with Crippen molar-refractivity contribution >= 4 is 5.97 Å². The molecule has 3 aliphatic rings. The molecule has 2 aliphatic heterocycles. The summed E-state index contributed by atoms with van der Waals surface area (Å²) in [6, 6.07) is 13.2. The number of aromatic nitrogens is 1. The van der Waals surface area contributed by atoms with Crippen molar-refractivity contribution in [2.45, 2.75) is 57.1 Å². The number of aliphatic carboxylic acids is 1. The number of carbonyl (C=O) groups is 1. The molecule has 1 saturated heterocycles. The first-order chi connectivity index (χ1) is 19.6. The first-order valence-electron chi connectivity index (χ1n) is 14.1. The third kappa shape index (κ3) is 5.64. The molecule has 1 aliphatic carbocycles. The molecule has 2 unspecified atom stereocenters. The Kier molecular flexibility index (Phi) is 7.18. The number of benzene rings is 2. The van der Waals surface area contributed by atoms with E-state index in [1.165, 1.54) is 13.2 Å². The van der Waals surface area contributed by atoms with Crippen LogP contribution in [0.2, 0.25) is 0 Å². The molecule has 1 saturated carbocycles. The van der Waals surface area contributed by atoms with Gasteiger partial charge in [-0.05, 0) is 71.4 Å². The summed E-state index contributed by atoms with van der Waals surface area (Å²) >= 11 is 0. The average molecular weight is 567 g/mol. The van der Waals surface area contributed by atoms with Gasteiger partial charge in [0.05, 0.1) is 32.3 Å². The van der Waals surface area contributed by atoms with Crippen molar-refractivity contribution < 1.29 is 32.5 Å². The molecule has 3 aromatic rings. The number of likely N-dealkylation sites (tertiary alicyclic amines) is 1. The lowest BCUT2D eigenvalue weighted by Crippen LogP contribution is -2.55. The largest absolute Gasteiger partial charge is 0.485 e. The number of pyridine rings is 1. The predicted molar refractivity (Wildman–Crippen MR) is 147 cm³/mol. The van der Waals surface area contributed by atoms with Gasteiger partial charge in [0.25, 0.3) is 5.92 Å². The molecule has 2 fully saturated rings. The van der Waals surface area contributed by atoms with E-state index >= 15 is 0 Å². The number of nitrogens with zero attached hydrogens (tertiary/aromatic N) is 2. The van der Waals surface area contributed by atoms with Gasteiger partial charge >= 0.3 is 5.97 Å². The molecule has 2 aromatic carbocycles. The summed E-state index contributed by atoms with van der Waals surface area (Å²) < 4.78 is 53.9. The maximum Gasteiger partial charge on any atom is 0.306 e. The van der Waals surface area contributed by atoms with Gasteiger partial charge in [-0.25, -0.2) is 18.2 Å². The lowest BCUT2D eigenvalue weighted by Gasteiger charge is -2.39. The molecule has 216 valence electrons. The second-order valence-electron chi connectivity index (χ2n) is 11.6. The van der Waals surface area contributed by atoms with Crippen LogP contribution in [-0.4, -0.2) is 47.1 Å². The maximum atomic E-state index is 14.9. The van der Waals surface area contributed by atoms with E-state index in [9.17, 15) is 23.1 Å². The van der Waals surface area contributed by atoms with Crippen molar-refractivity contribution in [3.63, 3.8) is 0 Å². The molecule has 0 amide bonds. The van der Waals surface area contributed by atoms with E-state index in [2.05, 4.69) is 4.98 Å². The summed E-state index contributed by atoms with van der Waals surface area (Å²) in [7, 11) is 1.45. The molecular formula is C32H33F3N2O4. The summed E-state index contributed by atoms with van der Waals surface area (Å²) in [4.78, 5) is 17.4. The van der Waals surface area contributed by atoms with Gasteiger partial charge in [0.15, 0.2) is 0 Å². The van der Waals surface area contributed by atoms with Crippen molar-refractivity contribution in [2.24, 2.45) is 11.8 Å². The number of fused-ring (bicyclic) bond motifs is 1. The molecule has 6 rings (SSSR count). The van der Waals surface area contributed by atoms with Gasteiger partial charge in [0.2, 0.25) is 5.88 Å². The van der Waals surface area contributed by atoms with Crippen LogP contribution in [0.1, 0.15) is 60.5 Å². The molecular weight excluding hydrogens is 533 g/mol. The number of hydrogen-bond acceptors (Lipinski definition) is 5. The summed E-state index contributed by atoms with van der Waals surface area (Å²) in [6.45, 7) is 1.33. The molecule has 1 N–H and O–H groups in total. The van der Waals surface area contributed by atoms with Crippen LogP contribution in [0.15, 0.2) is 48.7 Å². The highest BCUT2D eigenvalue weighted by molar-refractivity contribution is 5.71. The zero-order valence-corrected chi connectivity index (χ0v) is 23.1. The molecule has 3 atom stereocenters. The average Bonchev–Trinajstić information content (AvgIpc) is 3.77. The Bertz CT molecular complexity index is 1470. The van der Waals surface area contributed by atoms with Gasteiger partial charge in [0.1, 0.15) is 17.7 Å². The fourth-order valence-corrected chi connectivity index (χ4v) is 6.31. The zero-order valence-electron chi connectivity index (χ0n) is 23.1. The van der Waals surface area contributed by atoms with Gasteiger partial charge in [-0.2, -0.15) is 0 Å². The van der Waals surface area contributed by atoms with E-state index < -0.39 is 23.6 Å². The Morgan fingerprint density at radius 2 is 1.93 bits per heavy atom. The van der Waals surface area contributed by atoms with Gasteiger partial charge in [-0.1, -0.05) is 37.3 Å². The minimum Gasteiger partial charge on any atom is -0.485 e. The third-order valence-corrected chi connectivity index (χ3v) is 8.61. The molecule has 0 spiro atoms. The Morgan fingerprint density at radius 1 is 1.15 bits per heavy atom. The van der Waals surface area contributed by atoms with E-state index in [-0.39, 0.29) is 37.5 Å². The number of hydrogen-bond donors (Lipinski definition) is 1. The maximum absolute atomic E-state index is 14.9. The number of carboxylic acids is 1. The van der Waals surface area contributed by atoms with Crippen LogP contribution in [0.5, 0.6) is 11.6 Å². The highest BCUT2D eigenvalue weighted by atomic mass is 19.3. The first-order valence-corrected chi connectivity index (χ1v) is 14.1. The Labute approximate surface area is 237 Å². The number of methoxy groups -OCH3 is 1. The molecule has 1 aromatic heterocycles. The fraction of sp³-hybridized carbons (Fsp3) is 0.438. The van der Waals surface area contributed by atoms with Crippen LogP contribution in [-0.2, 0) is 17.8 Å². The minimum absolute atomic E-state index is 0.0606. The molecule has 6 nitrogen and oxygen atoms in total. The predicted octanol–water partition coefficient (Wildman–Crippen LogP) is 6.63. The molecule has 0 radical (unpaired) electrons. The van der Waals surface area contributed by atoms with Crippen LogP contribution < -0.4 is 9.47 Å². The van der Waals surface area contributed by atoms with Crippen LogP contribution >= 0.6 is 0 Å². The molecule has 0 bridgehead atoms. The van der Waals surface area contributed by atoms with Gasteiger partial charge < -0.3 is 14.6 Å². The number of aryl methyl sites for hydroxylation is 1. The van der Waals surface area contributed by atoms with Gasteiger partial charge in [0, 0.05) is 18.2 Å². The number of carboxylic acid groups (broad SMARTS) is 1. The van der Waals surface area contributed by atoms with Crippen molar-refractivity contribution in [2.75, 3.05) is 20.2 Å². The highest BCUT2D eigenvalue weighted by Gasteiger charge is 2.44. The lowest BCUT2D eigenvalue weighted by molar-refractivity contribution is -0.142. The van der Waals surface area contributed by atoms with Crippen molar-refractivity contribution in [1.29, 1.82) is 0 Å². The number of alkyl halides is 2. The van der Waals surface area contributed by atoms with Crippen LogP contribution in [0, 0.1) is 17.7 Å². The second-order valence-corrected chi connectivity index (χ2v) is 11.6. The Hall–Kier alpha value is -3.59. The summed E-state index contributed by atoms with van der Waals surface area (Å²) in [6.07, 6.45) is 4.39. The molecule has 3 heterocycles.